The van der Waals surface area contributed by atoms with Crippen molar-refractivity contribution in [3.05, 3.63) is 0 Å². The lowest BCUT2D eigenvalue weighted by Crippen LogP contribution is -2.11. The predicted octanol–water partition coefficient (Wildman–Crippen LogP) is 2.18. The Morgan fingerprint density at radius 3 is 2.55 bits per heavy atom. The van der Waals surface area contributed by atoms with E-state index in [0.29, 0.717) is 18.6 Å². The second kappa shape index (κ2) is 4.27. The van der Waals surface area contributed by atoms with Gasteiger partial charge < -0.3 is 5.41 Å². The van der Waals surface area contributed by atoms with E-state index in [4.69, 9.17) is 5.41 Å². The lowest BCUT2D eigenvalue weighted by molar-refractivity contribution is -0.102. The highest BCUT2D eigenvalue weighted by atomic mass is 16.1. The first-order valence-corrected chi connectivity index (χ1v) is 4.35. The van der Waals surface area contributed by atoms with Crippen molar-refractivity contribution in [2.45, 2.75) is 38.5 Å². The molecule has 1 aliphatic carbocycles. The molecule has 0 bridgehead atoms. The van der Waals surface area contributed by atoms with Crippen LogP contribution >= 0.6 is 0 Å². The molecular weight excluding hydrogens is 138 g/mol. The van der Waals surface area contributed by atoms with Gasteiger partial charge in [-0.3, -0.25) is 4.79 Å². The summed E-state index contributed by atoms with van der Waals surface area (Å²) in [5, 5.41) is 7.21. The lowest BCUT2D eigenvalue weighted by Gasteiger charge is -2.20. The molecule has 0 aromatic heterocycles. The second-order valence-corrected chi connectivity index (χ2v) is 3.35. The van der Waals surface area contributed by atoms with Crippen molar-refractivity contribution in [2.75, 3.05) is 0 Å². The van der Waals surface area contributed by atoms with Gasteiger partial charge in [-0.1, -0.05) is 32.1 Å². The Morgan fingerprint density at radius 2 is 2.00 bits per heavy atom. The van der Waals surface area contributed by atoms with Crippen LogP contribution in [0, 0.1) is 11.3 Å². The first-order valence-electron chi connectivity index (χ1n) is 4.35. The Labute approximate surface area is 67.5 Å². The summed E-state index contributed by atoms with van der Waals surface area (Å²) in [5.74, 6) is 0.626. The van der Waals surface area contributed by atoms with Crippen molar-refractivity contribution in [1.82, 2.24) is 0 Å². The minimum Gasteiger partial charge on any atom is -0.302 e. The highest BCUT2D eigenvalue weighted by molar-refractivity contribution is 6.26. The van der Waals surface area contributed by atoms with Crippen LogP contribution in [0.15, 0.2) is 0 Å². The van der Waals surface area contributed by atoms with E-state index in [1.165, 1.54) is 32.1 Å². The zero-order valence-electron chi connectivity index (χ0n) is 6.81. The van der Waals surface area contributed by atoms with E-state index < -0.39 is 0 Å². The number of nitrogens with one attached hydrogen (secondary N) is 1. The molecule has 1 N–H and O–H groups in total. The van der Waals surface area contributed by atoms with Crippen molar-refractivity contribution in [3.63, 3.8) is 0 Å². The fraction of sp³-hybridized carbons (Fsp3) is 0.778. The van der Waals surface area contributed by atoms with E-state index in [1.54, 1.807) is 0 Å². The highest BCUT2D eigenvalue weighted by Crippen LogP contribution is 2.25. The molecule has 0 saturated heterocycles. The monoisotopic (exact) mass is 153 g/mol. The topological polar surface area (TPSA) is 40.9 Å². The van der Waals surface area contributed by atoms with E-state index in [1.807, 2.05) is 0 Å². The largest absolute Gasteiger partial charge is 0.302 e. The fourth-order valence-electron chi connectivity index (χ4n) is 1.75. The fourth-order valence-corrected chi connectivity index (χ4v) is 1.75. The van der Waals surface area contributed by atoms with Gasteiger partial charge in [0.2, 0.25) is 0 Å². The van der Waals surface area contributed by atoms with Gasteiger partial charge in [-0.05, 0) is 12.3 Å². The van der Waals surface area contributed by atoms with Gasteiger partial charge in [-0.25, -0.2) is 0 Å². The van der Waals surface area contributed by atoms with Gasteiger partial charge in [0.15, 0.2) is 6.29 Å². The number of rotatable bonds is 3. The standard InChI is InChI=1S/C9H15NO/c10-9(7-11)6-8-4-2-1-3-5-8/h7-8,10H,1-6H2. The SMILES string of the molecule is N=C(C=O)CC1CCCCC1. The van der Waals surface area contributed by atoms with Gasteiger partial charge in [0.05, 0.1) is 5.71 Å². The van der Waals surface area contributed by atoms with Crippen LogP contribution in [0.3, 0.4) is 0 Å². The van der Waals surface area contributed by atoms with Crippen molar-refractivity contribution in [2.24, 2.45) is 5.92 Å². The second-order valence-electron chi connectivity index (χ2n) is 3.35. The Morgan fingerprint density at radius 1 is 1.36 bits per heavy atom. The molecule has 11 heavy (non-hydrogen) atoms. The summed E-state index contributed by atoms with van der Waals surface area (Å²) in [6.45, 7) is 0. The number of hydrogen-bond acceptors (Lipinski definition) is 2. The van der Waals surface area contributed by atoms with Crippen LogP contribution in [-0.4, -0.2) is 12.0 Å². The van der Waals surface area contributed by atoms with Crippen LogP contribution in [0.25, 0.3) is 0 Å². The van der Waals surface area contributed by atoms with Gasteiger partial charge in [0.25, 0.3) is 0 Å². The molecule has 0 spiro atoms. The summed E-state index contributed by atoms with van der Waals surface area (Å²) in [5.41, 5.74) is 0.275. The summed E-state index contributed by atoms with van der Waals surface area (Å²) in [7, 11) is 0. The molecule has 1 rings (SSSR count). The molecule has 0 radical (unpaired) electrons. The van der Waals surface area contributed by atoms with Crippen LogP contribution in [-0.2, 0) is 4.79 Å². The molecule has 0 unspecified atom stereocenters. The van der Waals surface area contributed by atoms with Gasteiger partial charge in [-0.2, -0.15) is 0 Å². The molecule has 1 fully saturated rings. The van der Waals surface area contributed by atoms with Gasteiger partial charge >= 0.3 is 0 Å². The normalized spacial score (nSPS) is 19.6. The average Bonchev–Trinajstić information content (AvgIpc) is 2.06. The highest BCUT2D eigenvalue weighted by Gasteiger charge is 2.14. The minimum absolute atomic E-state index is 0.275. The lowest BCUT2D eigenvalue weighted by atomic mass is 9.86. The molecule has 0 aromatic rings. The first-order chi connectivity index (χ1) is 5.33. The zero-order chi connectivity index (χ0) is 8.10. The predicted molar refractivity (Wildman–Crippen MR) is 45.0 cm³/mol. The van der Waals surface area contributed by atoms with Crippen LogP contribution in [0.4, 0.5) is 0 Å². The maximum absolute atomic E-state index is 10.2. The van der Waals surface area contributed by atoms with Crippen LogP contribution in [0.1, 0.15) is 38.5 Å². The molecule has 0 amide bonds. The molecule has 0 atom stereocenters. The van der Waals surface area contributed by atoms with E-state index in [-0.39, 0.29) is 5.71 Å². The molecule has 1 aliphatic rings. The third-order valence-corrected chi connectivity index (χ3v) is 2.38. The van der Waals surface area contributed by atoms with E-state index >= 15 is 0 Å². The molecular formula is C9H15NO. The van der Waals surface area contributed by atoms with Crippen molar-refractivity contribution >= 4 is 12.0 Å². The van der Waals surface area contributed by atoms with Gasteiger partial charge in [-0.15, -0.1) is 0 Å². The first kappa shape index (κ1) is 8.44. The van der Waals surface area contributed by atoms with Gasteiger partial charge in [0.1, 0.15) is 0 Å². The smallest absolute Gasteiger partial charge is 0.163 e. The Hall–Kier alpha value is -0.660. The van der Waals surface area contributed by atoms with E-state index in [2.05, 4.69) is 0 Å². The number of carbonyl (C=O) groups excluding carboxylic acids is 1. The van der Waals surface area contributed by atoms with E-state index in [0.717, 1.165) is 0 Å². The van der Waals surface area contributed by atoms with Crippen LogP contribution in [0.2, 0.25) is 0 Å². The summed E-state index contributed by atoms with van der Waals surface area (Å²) >= 11 is 0. The minimum atomic E-state index is 0.275. The summed E-state index contributed by atoms with van der Waals surface area (Å²) in [4.78, 5) is 10.2. The third kappa shape index (κ3) is 2.83. The average molecular weight is 153 g/mol. The molecule has 0 aliphatic heterocycles. The molecule has 2 heteroatoms. The molecule has 62 valence electrons. The molecule has 0 aromatic carbocycles. The number of carbonyl (C=O) groups is 1. The summed E-state index contributed by atoms with van der Waals surface area (Å²) in [6.07, 6.45) is 7.74. The Balaban J connectivity index is 2.24. The molecule has 1 saturated carbocycles. The van der Waals surface area contributed by atoms with Crippen molar-refractivity contribution in [3.8, 4) is 0 Å². The van der Waals surface area contributed by atoms with Crippen molar-refractivity contribution < 1.29 is 4.79 Å². The maximum atomic E-state index is 10.2. The van der Waals surface area contributed by atoms with Crippen molar-refractivity contribution in [1.29, 1.82) is 5.41 Å². The molecule has 0 heterocycles. The van der Waals surface area contributed by atoms with Gasteiger partial charge in [0, 0.05) is 0 Å². The summed E-state index contributed by atoms with van der Waals surface area (Å²) in [6, 6.07) is 0. The third-order valence-electron chi connectivity index (χ3n) is 2.38. The Bertz CT molecular complexity index is 148. The van der Waals surface area contributed by atoms with E-state index in [9.17, 15) is 4.79 Å². The summed E-state index contributed by atoms with van der Waals surface area (Å²) < 4.78 is 0. The number of hydrogen-bond donors (Lipinski definition) is 1. The quantitative estimate of drug-likeness (QED) is 0.490. The maximum Gasteiger partial charge on any atom is 0.163 e. The number of aldehydes is 1. The molecule has 2 nitrogen and oxygen atoms in total. The van der Waals surface area contributed by atoms with Crippen LogP contribution < -0.4 is 0 Å². The zero-order valence-corrected chi connectivity index (χ0v) is 6.81. The Kier molecular flexibility index (Phi) is 3.27. The van der Waals surface area contributed by atoms with Crippen LogP contribution in [0.5, 0.6) is 0 Å².